The second-order valence-corrected chi connectivity index (χ2v) is 4.14. The lowest BCUT2D eigenvalue weighted by Gasteiger charge is -2.26. The number of likely N-dealkylation sites (tertiary alicyclic amines) is 1. The molecule has 17 heavy (non-hydrogen) atoms. The van der Waals surface area contributed by atoms with Crippen LogP contribution in [0.5, 0.6) is 0 Å². The molecule has 2 N–H and O–H groups in total. The van der Waals surface area contributed by atoms with Gasteiger partial charge in [0.1, 0.15) is 6.04 Å². The van der Waals surface area contributed by atoms with E-state index in [0.717, 1.165) is 12.8 Å². The molecule has 96 valence electrons. The lowest BCUT2D eigenvalue weighted by Crippen LogP contribution is -2.47. The lowest BCUT2D eigenvalue weighted by atomic mass is 10.1. The van der Waals surface area contributed by atoms with E-state index in [0.29, 0.717) is 19.4 Å². The summed E-state index contributed by atoms with van der Waals surface area (Å²) < 4.78 is 0. The van der Waals surface area contributed by atoms with Crippen molar-refractivity contribution in [3.63, 3.8) is 0 Å². The van der Waals surface area contributed by atoms with E-state index < -0.39 is 17.9 Å². The number of carboxylic acids is 1. The second-order valence-electron chi connectivity index (χ2n) is 4.14. The van der Waals surface area contributed by atoms with Crippen LogP contribution < -0.4 is 5.32 Å². The van der Waals surface area contributed by atoms with Gasteiger partial charge in [-0.3, -0.25) is 9.59 Å². The smallest absolute Gasteiger partial charge is 0.326 e. The molecular formula is C11H18N2O4. The highest BCUT2D eigenvalue weighted by Crippen LogP contribution is 2.09. The summed E-state index contributed by atoms with van der Waals surface area (Å²) in [5, 5.41) is 11.2. The molecule has 1 atom stereocenters. The number of aliphatic carboxylic acids is 1. The second kappa shape index (κ2) is 6.22. The summed E-state index contributed by atoms with van der Waals surface area (Å²) in [5.41, 5.74) is 0. The average Bonchev–Trinajstić information content (AvgIpc) is 2.28. The summed E-state index contributed by atoms with van der Waals surface area (Å²) >= 11 is 0. The zero-order valence-electron chi connectivity index (χ0n) is 9.94. The Morgan fingerprint density at radius 3 is 2.71 bits per heavy atom. The van der Waals surface area contributed by atoms with Crippen LogP contribution in [0.2, 0.25) is 0 Å². The number of nitrogens with zero attached hydrogens (tertiary/aromatic N) is 1. The van der Waals surface area contributed by atoms with Crippen molar-refractivity contribution in [2.24, 2.45) is 0 Å². The van der Waals surface area contributed by atoms with Crippen molar-refractivity contribution in [1.82, 2.24) is 10.2 Å². The summed E-state index contributed by atoms with van der Waals surface area (Å²) in [6.45, 7) is 2.23. The molecule has 1 aliphatic heterocycles. The Balaban J connectivity index is 2.42. The molecule has 1 saturated heterocycles. The van der Waals surface area contributed by atoms with Crippen LogP contribution in [0.3, 0.4) is 0 Å². The fraction of sp³-hybridized carbons (Fsp3) is 0.727. The van der Waals surface area contributed by atoms with Crippen molar-refractivity contribution in [1.29, 1.82) is 0 Å². The first-order chi connectivity index (χ1) is 8.04. The van der Waals surface area contributed by atoms with E-state index >= 15 is 0 Å². The molecule has 1 fully saturated rings. The molecule has 0 bridgehead atoms. The third-order valence-electron chi connectivity index (χ3n) is 2.80. The van der Waals surface area contributed by atoms with E-state index in [1.807, 2.05) is 0 Å². The van der Waals surface area contributed by atoms with Crippen LogP contribution >= 0.6 is 0 Å². The average molecular weight is 242 g/mol. The Morgan fingerprint density at radius 1 is 1.47 bits per heavy atom. The van der Waals surface area contributed by atoms with Crippen molar-refractivity contribution in [3.05, 3.63) is 0 Å². The lowest BCUT2D eigenvalue weighted by molar-refractivity contribution is -0.143. The van der Waals surface area contributed by atoms with Crippen LogP contribution in [-0.4, -0.2) is 46.9 Å². The van der Waals surface area contributed by atoms with Crippen LogP contribution in [0.4, 0.5) is 0 Å². The van der Waals surface area contributed by atoms with E-state index in [4.69, 9.17) is 5.11 Å². The van der Waals surface area contributed by atoms with Crippen LogP contribution in [0, 0.1) is 0 Å². The van der Waals surface area contributed by atoms with Crippen molar-refractivity contribution in [2.45, 2.75) is 38.6 Å². The van der Waals surface area contributed by atoms with Gasteiger partial charge in [-0.15, -0.1) is 0 Å². The maximum Gasteiger partial charge on any atom is 0.326 e. The summed E-state index contributed by atoms with van der Waals surface area (Å²) in [6, 6.07) is -0.873. The van der Waals surface area contributed by atoms with Crippen molar-refractivity contribution in [2.75, 3.05) is 13.1 Å². The molecule has 6 nitrogen and oxygen atoms in total. The molecular weight excluding hydrogens is 224 g/mol. The largest absolute Gasteiger partial charge is 0.480 e. The Labute approximate surface area is 100.0 Å². The fourth-order valence-electron chi connectivity index (χ4n) is 1.78. The predicted octanol–water partition coefficient (Wildman–Crippen LogP) is -0.0217. The monoisotopic (exact) mass is 242 g/mol. The molecule has 0 aromatic carbocycles. The summed E-state index contributed by atoms with van der Waals surface area (Å²) in [7, 11) is 0. The first-order valence-electron chi connectivity index (χ1n) is 5.84. The number of piperidine rings is 1. The number of carboxylic acid groups (broad SMARTS) is 1. The van der Waals surface area contributed by atoms with Gasteiger partial charge in [-0.1, -0.05) is 6.92 Å². The first kappa shape index (κ1) is 13.5. The van der Waals surface area contributed by atoms with Gasteiger partial charge in [0.15, 0.2) is 0 Å². The molecule has 0 aliphatic carbocycles. The molecule has 2 amide bonds. The van der Waals surface area contributed by atoms with Gasteiger partial charge in [0.25, 0.3) is 0 Å². The van der Waals surface area contributed by atoms with Gasteiger partial charge >= 0.3 is 5.97 Å². The number of rotatable bonds is 5. The van der Waals surface area contributed by atoms with E-state index in [9.17, 15) is 14.4 Å². The highest BCUT2D eigenvalue weighted by molar-refractivity contribution is 5.88. The molecule has 1 heterocycles. The highest BCUT2D eigenvalue weighted by atomic mass is 16.4. The summed E-state index contributed by atoms with van der Waals surface area (Å²) in [4.78, 5) is 35.2. The Kier molecular flexibility index (Phi) is 4.93. The van der Waals surface area contributed by atoms with Crippen molar-refractivity contribution >= 4 is 17.8 Å². The fourth-order valence-corrected chi connectivity index (χ4v) is 1.78. The third-order valence-corrected chi connectivity index (χ3v) is 2.80. The molecule has 0 radical (unpaired) electrons. The van der Waals surface area contributed by atoms with Crippen LogP contribution in [0.1, 0.15) is 32.6 Å². The minimum Gasteiger partial charge on any atom is -0.480 e. The van der Waals surface area contributed by atoms with Gasteiger partial charge in [0.2, 0.25) is 11.8 Å². The van der Waals surface area contributed by atoms with Crippen molar-refractivity contribution in [3.8, 4) is 0 Å². The Bertz CT molecular complexity index is 317. The number of carbonyl (C=O) groups is 3. The van der Waals surface area contributed by atoms with E-state index in [2.05, 4.69) is 5.32 Å². The maximum atomic E-state index is 11.6. The van der Waals surface area contributed by atoms with Gasteiger partial charge < -0.3 is 15.3 Å². The number of nitrogens with one attached hydrogen (secondary N) is 1. The van der Waals surface area contributed by atoms with E-state index in [-0.39, 0.29) is 12.5 Å². The van der Waals surface area contributed by atoms with Crippen LogP contribution in [-0.2, 0) is 14.4 Å². The quantitative estimate of drug-likeness (QED) is 0.709. The first-order valence-corrected chi connectivity index (χ1v) is 5.84. The van der Waals surface area contributed by atoms with Gasteiger partial charge in [0.05, 0.1) is 6.54 Å². The van der Waals surface area contributed by atoms with Crippen LogP contribution in [0.25, 0.3) is 0 Å². The molecule has 0 spiro atoms. The standard InChI is InChI=1S/C11H18N2O4/c1-2-8(11(16)17)12-9(14)7-13-6-4-3-5-10(13)15/h8H,2-7H2,1H3,(H,12,14)(H,16,17)/t8-/m0/s1. The molecule has 6 heteroatoms. The topological polar surface area (TPSA) is 86.7 Å². The molecule has 0 aromatic rings. The zero-order valence-corrected chi connectivity index (χ0v) is 9.94. The van der Waals surface area contributed by atoms with E-state index in [1.54, 1.807) is 6.92 Å². The highest BCUT2D eigenvalue weighted by Gasteiger charge is 2.23. The van der Waals surface area contributed by atoms with Gasteiger partial charge in [-0.05, 0) is 19.3 Å². The number of carbonyl (C=O) groups excluding carboxylic acids is 2. The normalized spacial score (nSPS) is 17.7. The van der Waals surface area contributed by atoms with Crippen LogP contribution in [0.15, 0.2) is 0 Å². The Morgan fingerprint density at radius 2 is 2.18 bits per heavy atom. The van der Waals surface area contributed by atoms with Crippen molar-refractivity contribution < 1.29 is 19.5 Å². The number of hydrogen-bond donors (Lipinski definition) is 2. The van der Waals surface area contributed by atoms with Gasteiger partial charge in [-0.2, -0.15) is 0 Å². The van der Waals surface area contributed by atoms with Gasteiger partial charge in [0, 0.05) is 13.0 Å². The van der Waals surface area contributed by atoms with Gasteiger partial charge in [-0.25, -0.2) is 4.79 Å². The molecule has 1 aliphatic rings. The van der Waals surface area contributed by atoms with E-state index in [1.165, 1.54) is 4.90 Å². The minimum absolute atomic E-state index is 0.0326. The Hall–Kier alpha value is -1.59. The summed E-state index contributed by atoms with van der Waals surface area (Å²) in [6.07, 6.45) is 2.57. The number of amides is 2. The molecule has 0 unspecified atom stereocenters. The maximum absolute atomic E-state index is 11.6. The SMILES string of the molecule is CC[C@H](NC(=O)CN1CCCCC1=O)C(=O)O. The molecule has 0 saturated carbocycles. The molecule has 1 rings (SSSR count). The summed E-state index contributed by atoms with van der Waals surface area (Å²) in [5.74, 6) is -1.49. The molecule has 0 aromatic heterocycles. The minimum atomic E-state index is -1.05. The predicted molar refractivity (Wildman–Crippen MR) is 60.3 cm³/mol. The number of hydrogen-bond acceptors (Lipinski definition) is 3. The third kappa shape index (κ3) is 4.05. The zero-order chi connectivity index (χ0) is 12.8.